The Kier molecular flexibility index (Phi) is 8.75. The standard InChI is InChI=1S/C15H25O3PSe/c1-4-7-13-15(19(16,17-5-2)18-6-3)20-14-11-9-8-10-12-14/h8-12,15H,4-7,13H2,1-3H3. The molecular weight excluding hydrogens is 338 g/mol. The second-order valence-electron chi connectivity index (χ2n) is 4.40. The van der Waals surface area contributed by atoms with Crippen LogP contribution in [0.4, 0.5) is 0 Å². The molecular formula is C15H25O3PSe. The van der Waals surface area contributed by atoms with Crippen molar-refractivity contribution in [3.8, 4) is 0 Å². The summed E-state index contributed by atoms with van der Waals surface area (Å²) in [6.07, 6.45) is 3.06. The van der Waals surface area contributed by atoms with Crippen molar-refractivity contribution < 1.29 is 13.6 Å². The van der Waals surface area contributed by atoms with Crippen LogP contribution in [-0.4, -0.2) is 32.7 Å². The molecule has 1 aromatic carbocycles. The summed E-state index contributed by atoms with van der Waals surface area (Å²) in [5.74, 6) is 0. The molecule has 1 rings (SSSR count). The van der Waals surface area contributed by atoms with E-state index in [1.807, 2.05) is 32.0 Å². The van der Waals surface area contributed by atoms with Crippen molar-refractivity contribution in [3.63, 3.8) is 0 Å². The summed E-state index contributed by atoms with van der Waals surface area (Å²) in [4.78, 5) is 0. The normalized spacial score (nSPS) is 13.3. The van der Waals surface area contributed by atoms with Crippen LogP contribution in [0, 0.1) is 0 Å². The molecule has 0 aliphatic rings. The average molecular weight is 363 g/mol. The first-order valence-electron chi connectivity index (χ1n) is 7.26. The molecule has 0 radical (unpaired) electrons. The van der Waals surface area contributed by atoms with Crippen LogP contribution in [-0.2, 0) is 13.6 Å². The van der Waals surface area contributed by atoms with Gasteiger partial charge < -0.3 is 0 Å². The third-order valence-electron chi connectivity index (χ3n) is 2.79. The number of hydrogen-bond acceptors (Lipinski definition) is 3. The van der Waals surface area contributed by atoms with E-state index in [9.17, 15) is 4.57 Å². The van der Waals surface area contributed by atoms with Crippen LogP contribution in [0.2, 0.25) is 0 Å². The molecule has 0 saturated heterocycles. The molecule has 1 atom stereocenters. The molecule has 0 bridgehead atoms. The molecule has 0 heterocycles. The van der Waals surface area contributed by atoms with Crippen molar-refractivity contribution in [1.29, 1.82) is 0 Å². The number of benzene rings is 1. The van der Waals surface area contributed by atoms with Gasteiger partial charge in [0.25, 0.3) is 0 Å². The van der Waals surface area contributed by atoms with Crippen molar-refractivity contribution in [2.75, 3.05) is 13.2 Å². The van der Waals surface area contributed by atoms with E-state index in [2.05, 4.69) is 19.1 Å². The molecule has 0 aliphatic carbocycles. The van der Waals surface area contributed by atoms with Gasteiger partial charge in [-0.1, -0.05) is 0 Å². The average Bonchev–Trinajstić information content (AvgIpc) is 2.45. The summed E-state index contributed by atoms with van der Waals surface area (Å²) >= 11 is 0.107. The van der Waals surface area contributed by atoms with Crippen molar-refractivity contribution in [2.45, 2.75) is 44.6 Å². The molecule has 0 saturated carbocycles. The SMILES string of the molecule is CCCCC([Se]c1ccccc1)P(=O)(OCC)OCC. The van der Waals surface area contributed by atoms with E-state index in [1.165, 1.54) is 4.46 Å². The van der Waals surface area contributed by atoms with Crippen LogP contribution in [0.25, 0.3) is 0 Å². The minimum atomic E-state index is -3.00. The van der Waals surface area contributed by atoms with Crippen molar-refractivity contribution >= 4 is 27.0 Å². The summed E-state index contributed by atoms with van der Waals surface area (Å²) in [7, 11) is -3.00. The first-order valence-corrected chi connectivity index (χ1v) is 10.7. The number of rotatable bonds is 10. The maximum absolute atomic E-state index is 13.0. The van der Waals surface area contributed by atoms with Crippen LogP contribution in [0.5, 0.6) is 0 Å². The van der Waals surface area contributed by atoms with Gasteiger partial charge in [0.15, 0.2) is 0 Å². The Bertz CT molecular complexity index is 401. The van der Waals surface area contributed by atoms with E-state index in [0.717, 1.165) is 19.3 Å². The second-order valence-corrected chi connectivity index (χ2v) is 10.1. The Morgan fingerprint density at radius 2 is 1.70 bits per heavy atom. The van der Waals surface area contributed by atoms with Crippen LogP contribution in [0.3, 0.4) is 0 Å². The Morgan fingerprint density at radius 3 is 2.20 bits per heavy atom. The van der Waals surface area contributed by atoms with E-state index in [1.54, 1.807) is 0 Å². The predicted molar refractivity (Wildman–Crippen MR) is 86.0 cm³/mol. The van der Waals surface area contributed by atoms with Crippen LogP contribution in [0.1, 0.15) is 40.0 Å². The zero-order valence-electron chi connectivity index (χ0n) is 12.6. The zero-order chi connectivity index (χ0) is 14.8. The Hall–Kier alpha value is -0.111. The Labute approximate surface area is 129 Å². The second kappa shape index (κ2) is 9.76. The van der Waals surface area contributed by atoms with Gasteiger partial charge in [0.05, 0.1) is 0 Å². The van der Waals surface area contributed by atoms with E-state index < -0.39 is 7.60 Å². The Morgan fingerprint density at radius 1 is 1.10 bits per heavy atom. The topological polar surface area (TPSA) is 35.5 Å². The summed E-state index contributed by atoms with van der Waals surface area (Å²) in [5.41, 5.74) is 0. The molecule has 0 amide bonds. The fourth-order valence-corrected chi connectivity index (χ4v) is 7.76. The maximum atomic E-state index is 13.0. The van der Waals surface area contributed by atoms with Gasteiger partial charge in [0, 0.05) is 0 Å². The third-order valence-corrected chi connectivity index (χ3v) is 9.37. The van der Waals surface area contributed by atoms with Gasteiger partial charge in [-0.25, -0.2) is 0 Å². The van der Waals surface area contributed by atoms with E-state index in [4.69, 9.17) is 9.05 Å². The third kappa shape index (κ3) is 5.71. The first-order chi connectivity index (χ1) is 9.66. The monoisotopic (exact) mass is 364 g/mol. The minimum absolute atomic E-state index is 0.0113. The summed E-state index contributed by atoms with van der Waals surface area (Å²) in [5, 5.41) is 0. The number of unbranched alkanes of at least 4 members (excludes halogenated alkanes) is 1. The fourth-order valence-electron chi connectivity index (χ4n) is 1.88. The van der Waals surface area contributed by atoms with Gasteiger partial charge in [-0.3, -0.25) is 0 Å². The summed E-state index contributed by atoms with van der Waals surface area (Å²) in [6.45, 7) is 6.77. The van der Waals surface area contributed by atoms with Gasteiger partial charge >= 0.3 is 129 Å². The quantitative estimate of drug-likeness (QED) is 0.469. The first kappa shape index (κ1) is 17.9. The summed E-state index contributed by atoms with van der Waals surface area (Å²) in [6, 6.07) is 10.3. The van der Waals surface area contributed by atoms with E-state index >= 15 is 0 Å². The number of hydrogen-bond donors (Lipinski definition) is 0. The van der Waals surface area contributed by atoms with Crippen LogP contribution >= 0.6 is 7.60 Å². The molecule has 114 valence electrons. The molecule has 0 N–H and O–H groups in total. The molecule has 0 spiro atoms. The molecule has 1 unspecified atom stereocenters. The Balaban J connectivity index is 2.87. The van der Waals surface area contributed by atoms with Gasteiger partial charge in [-0.15, -0.1) is 0 Å². The molecule has 0 aromatic heterocycles. The van der Waals surface area contributed by atoms with Crippen LogP contribution < -0.4 is 4.46 Å². The van der Waals surface area contributed by atoms with Gasteiger partial charge in [-0.2, -0.15) is 0 Å². The van der Waals surface area contributed by atoms with Crippen molar-refractivity contribution in [2.24, 2.45) is 0 Å². The predicted octanol–water partition coefficient (Wildman–Crippen LogP) is 3.80. The van der Waals surface area contributed by atoms with Gasteiger partial charge in [0.2, 0.25) is 0 Å². The van der Waals surface area contributed by atoms with Crippen LogP contribution in [0.15, 0.2) is 30.3 Å². The fraction of sp³-hybridized carbons (Fsp3) is 0.600. The molecule has 1 aromatic rings. The van der Waals surface area contributed by atoms with E-state index in [-0.39, 0.29) is 19.5 Å². The van der Waals surface area contributed by atoms with Crippen molar-refractivity contribution in [1.82, 2.24) is 0 Å². The molecule has 3 nitrogen and oxygen atoms in total. The van der Waals surface area contributed by atoms with Gasteiger partial charge in [0.1, 0.15) is 0 Å². The molecule has 0 aliphatic heterocycles. The zero-order valence-corrected chi connectivity index (χ0v) is 15.2. The molecule has 20 heavy (non-hydrogen) atoms. The summed E-state index contributed by atoms with van der Waals surface area (Å²) < 4.78 is 25.4. The van der Waals surface area contributed by atoms with Crippen molar-refractivity contribution in [3.05, 3.63) is 30.3 Å². The van der Waals surface area contributed by atoms with Gasteiger partial charge in [-0.05, 0) is 0 Å². The molecule has 5 heteroatoms. The molecule has 0 fully saturated rings. The van der Waals surface area contributed by atoms with E-state index in [0.29, 0.717) is 13.2 Å².